The maximum Gasteiger partial charge on any atom is 0.303 e. The number of carbonyl (C=O) groups is 6. The van der Waals surface area contributed by atoms with Gasteiger partial charge in [0.25, 0.3) is 0 Å². The van der Waals surface area contributed by atoms with Gasteiger partial charge in [-0.25, -0.2) is 0 Å². The van der Waals surface area contributed by atoms with E-state index in [0.717, 1.165) is 32.5 Å². The monoisotopic (exact) mass is 535 g/mol. The first-order chi connectivity index (χ1) is 16.9. The minimum atomic E-state index is -1.31. The molecule has 5 atom stereocenters. The molecule has 0 unspecified atom stereocenters. The standard InChI is InChI=1S/C22H33NO12S/c1-12(24)31-11-17-19(32-13(2)25)20(33-14(3)26)21(34-15(4)27)22(35-17)30-9-6-8-23-18(29)7-10-36-16(5)28/h17,19-22H,6-11H2,1-5H3,(H,23,29)/t17-,19+,20+,21-,22-/m1/s1. The summed E-state index contributed by atoms with van der Waals surface area (Å²) in [5, 5.41) is 2.62. The summed E-state index contributed by atoms with van der Waals surface area (Å²) in [6, 6.07) is 0. The molecule has 0 aromatic rings. The molecule has 1 rings (SSSR count). The lowest BCUT2D eigenvalue weighted by molar-refractivity contribution is -0.308. The van der Waals surface area contributed by atoms with Gasteiger partial charge in [-0.2, -0.15) is 0 Å². The molecule has 1 fully saturated rings. The van der Waals surface area contributed by atoms with Crippen LogP contribution in [0.1, 0.15) is 47.5 Å². The summed E-state index contributed by atoms with van der Waals surface area (Å²) >= 11 is 1.06. The zero-order chi connectivity index (χ0) is 27.3. The Hall–Kier alpha value is -2.71. The van der Waals surface area contributed by atoms with E-state index in [2.05, 4.69) is 5.32 Å². The van der Waals surface area contributed by atoms with Crippen LogP contribution in [0.2, 0.25) is 0 Å². The SMILES string of the molecule is CC(=O)OC[C@H]1O[C@@H](OCCCNC(=O)CCSC(C)=O)[C@H](OC(C)=O)[C@@H](OC(C)=O)[C@H]1OC(C)=O. The van der Waals surface area contributed by atoms with Gasteiger partial charge >= 0.3 is 23.9 Å². The summed E-state index contributed by atoms with van der Waals surface area (Å²) in [6.45, 7) is 5.93. The van der Waals surface area contributed by atoms with Crippen molar-refractivity contribution in [2.75, 3.05) is 25.5 Å². The van der Waals surface area contributed by atoms with E-state index in [9.17, 15) is 28.8 Å². The lowest BCUT2D eigenvalue weighted by Gasteiger charge is -2.44. The second kappa shape index (κ2) is 16.1. The van der Waals surface area contributed by atoms with Gasteiger partial charge in [0.15, 0.2) is 29.7 Å². The number of carbonyl (C=O) groups excluding carboxylic acids is 6. The smallest absolute Gasteiger partial charge is 0.303 e. The Morgan fingerprint density at radius 3 is 1.94 bits per heavy atom. The summed E-state index contributed by atoms with van der Waals surface area (Å²) in [4.78, 5) is 69.4. The van der Waals surface area contributed by atoms with E-state index in [1.807, 2.05) is 0 Å². The van der Waals surface area contributed by atoms with Gasteiger partial charge < -0.3 is 33.7 Å². The van der Waals surface area contributed by atoms with Crippen LogP contribution in [0.5, 0.6) is 0 Å². The lowest BCUT2D eigenvalue weighted by Crippen LogP contribution is -2.63. The summed E-state index contributed by atoms with van der Waals surface area (Å²) in [7, 11) is 0. The van der Waals surface area contributed by atoms with Crippen LogP contribution in [0.15, 0.2) is 0 Å². The van der Waals surface area contributed by atoms with Crippen LogP contribution in [0.4, 0.5) is 0 Å². The molecule has 1 saturated heterocycles. The fourth-order valence-electron chi connectivity index (χ4n) is 3.20. The zero-order valence-corrected chi connectivity index (χ0v) is 21.8. The van der Waals surface area contributed by atoms with Crippen LogP contribution in [0, 0.1) is 0 Å². The molecule has 1 aliphatic rings. The normalized spacial score (nSPS) is 23.2. The molecule has 0 aromatic carbocycles. The molecule has 0 aromatic heterocycles. The molecule has 1 amide bonds. The molecule has 1 N–H and O–H groups in total. The van der Waals surface area contributed by atoms with E-state index in [1.165, 1.54) is 13.8 Å². The van der Waals surface area contributed by atoms with E-state index < -0.39 is 54.6 Å². The van der Waals surface area contributed by atoms with Crippen LogP contribution in [0.3, 0.4) is 0 Å². The van der Waals surface area contributed by atoms with Crippen molar-refractivity contribution < 1.29 is 57.2 Å². The molecule has 13 nitrogen and oxygen atoms in total. The zero-order valence-electron chi connectivity index (χ0n) is 20.9. The van der Waals surface area contributed by atoms with Crippen molar-refractivity contribution >= 4 is 46.7 Å². The van der Waals surface area contributed by atoms with E-state index >= 15 is 0 Å². The second-order valence-electron chi connectivity index (χ2n) is 7.73. The Bertz CT molecular complexity index is 804. The maximum atomic E-state index is 11.8. The molecule has 0 bridgehead atoms. The Balaban J connectivity index is 2.89. The molecule has 204 valence electrons. The first-order valence-corrected chi connectivity index (χ1v) is 12.2. The minimum Gasteiger partial charge on any atom is -0.463 e. The average molecular weight is 536 g/mol. The van der Waals surface area contributed by atoms with Crippen molar-refractivity contribution in [1.82, 2.24) is 5.32 Å². The van der Waals surface area contributed by atoms with E-state index in [-0.39, 0.29) is 37.2 Å². The van der Waals surface area contributed by atoms with Gasteiger partial charge in [-0.3, -0.25) is 28.8 Å². The number of hydrogen-bond donors (Lipinski definition) is 1. The van der Waals surface area contributed by atoms with Gasteiger partial charge in [-0.05, 0) is 6.42 Å². The summed E-state index contributed by atoms with van der Waals surface area (Å²) in [5.41, 5.74) is 0. The molecule has 0 radical (unpaired) electrons. The third kappa shape index (κ3) is 12.3. The van der Waals surface area contributed by atoms with Crippen LogP contribution >= 0.6 is 11.8 Å². The van der Waals surface area contributed by atoms with Crippen LogP contribution in [0.25, 0.3) is 0 Å². The maximum absolute atomic E-state index is 11.8. The molecule has 1 heterocycles. The third-order valence-corrected chi connectivity index (χ3v) is 5.32. The summed E-state index contributed by atoms with van der Waals surface area (Å²) in [5.74, 6) is -2.68. The highest BCUT2D eigenvalue weighted by atomic mass is 32.2. The topological polar surface area (TPSA) is 170 Å². The molecule has 0 saturated carbocycles. The molecule has 14 heteroatoms. The van der Waals surface area contributed by atoms with Crippen molar-refractivity contribution in [2.45, 2.75) is 78.2 Å². The Kier molecular flexibility index (Phi) is 14.0. The van der Waals surface area contributed by atoms with Crippen molar-refractivity contribution in [2.24, 2.45) is 0 Å². The first kappa shape index (κ1) is 31.3. The molecule has 0 spiro atoms. The van der Waals surface area contributed by atoms with E-state index in [0.29, 0.717) is 12.2 Å². The van der Waals surface area contributed by atoms with Gasteiger partial charge in [0.1, 0.15) is 12.7 Å². The van der Waals surface area contributed by atoms with Crippen molar-refractivity contribution in [1.29, 1.82) is 0 Å². The predicted molar refractivity (Wildman–Crippen MR) is 123 cm³/mol. The van der Waals surface area contributed by atoms with Gasteiger partial charge in [0.2, 0.25) is 5.91 Å². The minimum absolute atomic E-state index is 0.0379. The van der Waals surface area contributed by atoms with Crippen LogP contribution in [-0.2, 0) is 57.2 Å². The summed E-state index contributed by atoms with van der Waals surface area (Å²) in [6.07, 6.45) is -5.72. The number of thioether (sulfide) groups is 1. The highest BCUT2D eigenvalue weighted by Gasteiger charge is 2.52. The molecule has 0 aliphatic carbocycles. The first-order valence-electron chi connectivity index (χ1n) is 11.2. The highest BCUT2D eigenvalue weighted by Crippen LogP contribution is 2.30. The largest absolute Gasteiger partial charge is 0.463 e. The Labute approximate surface area is 213 Å². The second-order valence-corrected chi connectivity index (χ2v) is 9.00. The average Bonchev–Trinajstić information content (AvgIpc) is 2.74. The van der Waals surface area contributed by atoms with Crippen molar-refractivity contribution in [3.63, 3.8) is 0 Å². The number of ether oxygens (including phenoxy) is 6. The number of hydrogen-bond acceptors (Lipinski definition) is 13. The predicted octanol–water partition coefficient (Wildman–Crippen LogP) is 0.262. The van der Waals surface area contributed by atoms with E-state index in [1.54, 1.807) is 0 Å². The van der Waals surface area contributed by atoms with Gasteiger partial charge in [0.05, 0.1) is 6.61 Å². The number of amides is 1. The summed E-state index contributed by atoms with van der Waals surface area (Å²) < 4.78 is 32.4. The van der Waals surface area contributed by atoms with Gasteiger partial charge in [-0.1, -0.05) is 11.8 Å². The molecule has 1 aliphatic heterocycles. The molecular weight excluding hydrogens is 502 g/mol. The lowest BCUT2D eigenvalue weighted by atomic mass is 9.98. The fraction of sp³-hybridized carbons (Fsp3) is 0.727. The number of esters is 4. The van der Waals surface area contributed by atoms with Crippen molar-refractivity contribution in [3.05, 3.63) is 0 Å². The molecule has 36 heavy (non-hydrogen) atoms. The third-order valence-electron chi connectivity index (χ3n) is 4.51. The number of nitrogens with one attached hydrogen (secondary N) is 1. The van der Waals surface area contributed by atoms with E-state index in [4.69, 9.17) is 28.4 Å². The van der Waals surface area contributed by atoms with Gasteiger partial charge in [-0.15, -0.1) is 0 Å². The Morgan fingerprint density at radius 2 is 1.39 bits per heavy atom. The van der Waals surface area contributed by atoms with Crippen LogP contribution < -0.4 is 5.32 Å². The fourth-order valence-corrected chi connectivity index (χ4v) is 3.77. The van der Waals surface area contributed by atoms with Crippen LogP contribution in [-0.4, -0.2) is 91.1 Å². The Morgan fingerprint density at radius 1 is 0.806 bits per heavy atom. The number of rotatable bonds is 13. The molecular formula is C22H33NO12S. The van der Waals surface area contributed by atoms with Crippen molar-refractivity contribution in [3.8, 4) is 0 Å². The van der Waals surface area contributed by atoms with Gasteiger partial charge in [0, 0.05) is 53.3 Å². The quantitative estimate of drug-likeness (QED) is 0.194. The highest BCUT2D eigenvalue weighted by molar-refractivity contribution is 8.13.